The van der Waals surface area contributed by atoms with Crippen molar-refractivity contribution in [3.8, 4) is 0 Å². The molecule has 0 aliphatic carbocycles. The van der Waals surface area contributed by atoms with Gasteiger partial charge in [0.2, 0.25) is 0 Å². The summed E-state index contributed by atoms with van der Waals surface area (Å²) in [6, 6.07) is 17.3. The van der Waals surface area contributed by atoms with Crippen molar-refractivity contribution in [3.05, 3.63) is 60.2 Å². The highest BCUT2D eigenvalue weighted by atomic mass is 32.2. The van der Waals surface area contributed by atoms with Gasteiger partial charge in [-0.15, -0.1) is 0 Å². The highest BCUT2D eigenvalue weighted by Gasteiger charge is 2.29. The third kappa shape index (κ3) is 3.79. The quantitative estimate of drug-likeness (QED) is 0.868. The molecule has 1 fully saturated rings. The van der Waals surface area contributed by atoms with Gasteiger partial charge < -0.3 is 10.1 Å². The van der Waals surface area contributed by atoms with Gasteiger partial charge in [0.25, 0.3) is 0 Å². The Morgan fingerprint density at radius 1 is 1.08 bits per heavy atom. The van der Waals surface area contributed by atoms with Gasteiger partial charge in [0.05, 0.1) is 16.8 Å². The summed E-state index contributed by atoms with van der Waals surface area (Å²) < 4.78 is 29.6. The lowest BCUT2D eigenvalue weighted by molar-refractivity contribution is 0.0933. The van der Waals surface area contributed by atoms with Crippen molar-refractivity contribution < 1.29 is 13.2 Å². The van der Waals surface area contributed by atoms with Crippen LogP contribution < -0.4 is 5.32 Å². The standard InChI is InChI=1S/C19H23NO3S/c1-2-24(21,22)18-10-8-17(9-11-18)20-14-16-12-13-23-19(16)15-6-4-3-5-7-15/h3-11,16,19-20H,2,12-14H2,1H3/t16-,19-/m0/s1. The second-order valence-corrected chi connectivity index (χ2v) is 8.34. The predicted octanol–water partition coefficient (Wildman–Crippen LogP) is 3.67. The van der Waals surface area contributed by atoms with Gasteiger partial charge in [-0.05, 0) is 36.2 Å². The van der Waals surface area contributed by atoms with Gasteiger partial charge in [0.1, 0.15) is 0 Å². The summed E-state index contributed by atoms with van der Waals surface area (Å²) in [6.45, 7) is 3.24. The van der Waals surface area contributed by atoms with Crippen LogP contribution in [0.5, 0.6) is 0 Å². The van der Waals surface area contributed by atoms with Crippen molar-refractivity contribution in [3.63, 3.8) is 0 Å². The third-order valence-electron chi connectivity index (χ3n) is 4.50. The zero-order valence-corrected chi connectivity index (χ0v) is 14.6. The maximum Gasteiger partial charge on any atom is 0.178 e. The number of sulfone groups is 1. The smallest absolute Gasteiger partial charge is 0.178 e. The van der Waals surface area contributed by atoms with Crippen LogP contribution in [-0.2, 0) is 14.6 Å². The van der Waals surface area contributed by atoms with Crippen LogP contribution in [0.4, 0.5) is 5.69 Å². The van der Waals surface area contributed by atoms with Crippen molar-refractivity contribution >= 4 is 15.5 Å². The van der Waals surface area contributed by atoms with Gasteiger partial charge in [0, 0.05) is 24.8 Å². The molecule has 3 rings (SSSR count). The molecule has 1 saturated heterocycles. The van der Waals surface area contributed by atoms with Crippen LogP contribution in [0, 0.1) is 5.92 Å². The summed E-state index contributed by atoms with van der Waals surface area (Å²) in [5, 5.41) is 3.41. The Hall–Kier alpha value is -1.85. The summed E-state index contributed by atoms with van der Waals surface area (Å²) in [4.78, 5) is 0.377. The molecule has 1 aliphatic rings. The first-order chi connectivity index (χ1) is 11.6. The van der Waals surface area contributed by atoms with Gasteiger partial charge >= 0.3 is 0 Å². The van der Waals surface area contributed by atoms with E-state index in [-0.39, 0.29) is 11.9 Å². The van der Waals surface area contributed by atoms with Crippen molar-refractivity contribution in [2.24, 2.45) is 5.92 Å². The van der Waals surface area contributed by atoms with Gasteiger partial charge in [-0.25, -0.2) is 8.42 Å². The Bertz CT molecular complexity index is 757. The number of hydrogen-bond donors (Lipinski definition) is 1. The fraction of sp³-hybridized carbons (Fsp3) is 0.368. The minimum atomic E-state index is -3.14. The molecule has 4 nitrogen and oxygen atoms in total. The molecule has 0 spiro atoms. The molecule has 0 bridgehead atoms. The summed E-state index contributed by atoms with van der Waals surface area (Å²) in [7, 11) is -3.14. The molecule has 1 N–H and O–H groups in total. The molecule has 0 unspecified atom stereocenters. The van der Waals surface area contributed by atoms with Gasteiger partial charge in [-0.3, -0.25) is 0 Å². The largest absolute Gasteiger partial charge is 0.385 e. The molecule has 2 atom stereocenters. The van der Waals surface area contributed by atoms with Crippen LogP contribution in [0.1, 0.15) is 25.0 Å². The number of nitrogens with one attached hydrogen (secondary N) is 1. The predicted molar refractivity (Wildman–Crippen MR) is 95.9 cm³/mol. The van der Waals surface area contributed by atoms with Crippen LogP contribution in [0.3, 0.4) is 0 Å². The van der Waals surface area contributed by atoms with Crippen LogP contribution in [0.2, 0.25) is 0 Å². The summed E-state index contributed by atoms with van der Waals surface area (Å²) in [5.74, 6) is 0.532. The van der Waals surface area contributed by atoms with Crippen molar-refractivity contribution in [1.82, 2.24) is 0 Å². The van der Waals surface area contributed by atoms with E-state index in [1.165, 1.54) is 5.56 Å². The van der Waals surface area contributed by atoms with E-state index < -0.39 is 9.84 Å². The van der Waals surface area contributed by atoms with Gasteiger partial charge in [-0.1, -0.05) is 37.3 Å². The van der Waals surface area contributed by atoms with Crippen LogP contribution >= 0.6 is 0 Å². The van der Waals surface area contributed by atoms with Crippen molar-refractivity contribution in [1.29, 1.82) is 0 Å². The fourth-order valence-corrected chi connectivity index (χ4v) is 3.93. The molecule has 1 aliphatic heterocycles. The van der Waals surface area contributed by atoms with E-state index in [0.717, 1.165) is 25.3 Å². The monoisotopic (exact) mass is 345 g/mol. The Morgan fingerprint density at radius 3 is 2.46 bits per heavy atom. The molecule has 2 aromatic carbocycles. The second kappa shape index (κ2) is 7.36. The van der Waals surface area contributed by atoms with Gasteiger partial charge in [0.15, 0.2) is 9.84 Å². The summed E-state index contributed by atoms with van der Waals surface area (Å²) >= 11 is 0. The maximum atomic E-state index is 11.8. The molecule has 1 heterocycles. The van der Waals surface area contributed by atoms with E-state index >= 15 is 0 Å². The summed E-state index contributed by atoms with van der Waals surface area (Å²) in [5.41, 5.74) is 2.15. The van der Waals surface area contributed by atoms with E-state index in [4.69, 9.17) is 4.74 Å². The molecule has 128 valence electrons. The number of benzene rings is 2. The number of rotatable bonds is 6. The minimum absolute atomic E-state index is 0.123. The normalized spacial score (nSPS) is 20.9. The SMILES string of the molecule is CCS(=O)(=O)c1ccc(NC[C@@H]2CCO[C@H]2c2ccccc2)cc1. The zero-order valence-electron chi connectivity index (χ0n) is 13.8. The second-order valence-electron chi connectivity index (χ2n) is 6.06. The van der Waals surface area contributed by atoms with Crippen molar-refractivity contribution in [2.45, 2.75) is 24.3 Å². The lowest BCUT2D eigenvalue weighted by Crippen LogP contribution is -2.18. The number of hydrogen-bond acceptors (Lipinski definition) is 4. The first-order valence-electron chi connectivity index (χ1n) is 8.33. The highest BCUT2D eigenvalue weighted by molar-refractivity contribution is 7.91. The molecule has 0 amide bonds. The average Bonchev–Trinajstić information content (AvgIpc) is 3.09. The number of anilines is 1. The van der Waals surface area contributed by atoms with E-state index in [1.54, 1.807) is 19.1 Å². The number of ether oxygens (including phenoxy) is 1. The third-order valence-corrected chi connectivity index (χ3v) is 6.25. The zero-order chi connectivity index (χ0) is 17.0. The highest BCUT2D eigenvalue weighted by Crippen LogP contribution is 2.34. The van der Waals surface area contributed by atoms with Crippen molar-refractivity contribution in [2.75, 3.05) is 24.2 Å². The van der Waals surface area contributed by atoms with E-state index in [0.29, 0.717) is 10.8 Å². The Labute approximate surface area is 143 Å². The fourth-order valence-electron chi connectivity index (χ4n) is 3.05. The van der Waals surface area contributed by atoms with E-state index in [1.807, 2.05) is 30.3 Å². The molecule has 0 saturated carbocycles. The summed E-state index contributed by atoms with van der Waals surface area (Å²) in [6.07, 6.45) is 1.15. The molecule has 5 heteroatoms. The Kier molecular flexibility index (Phi) is 5.21. The topological polar surface area (TPSA) is 55.4 Å². The lowest BCUT2D eigenvalue weighted by atomic mass is 9.95. The Morgan fingerprint density at radius 2 is 1.79 bits per heavy atom. The van der Waals surface area contributed by atoms with E-state index in [9.17, 15) is 8.42 Å². The minimum Gasteiger partial charge on any atom is -0.385 e. The lowest BCUT2D eigenvalue weighted by Gasteiger charge is -2.20. The first kappa shape index (κ1) is 17.0. The Balaban J connectivity index is 1.63. The van der Waals surface area contributed by atoms with Crippen LogP contribution in [-0.4, -0.2) is 27.3 Å². The maximum absolute atomic E-state index is 11.8. The molecule has 0 aromatic heterocycles. The van der Waals surface area contributed by atoms with Gasteiger partial charge in [-0.2, -0.15) is 0 Å². The van der Waals surface area contributed by atoms with Crippen LogP contribution in [0.15, 0.2) is 59.5 Å². The molecular weight excluding hydrogens is 322 g/mol. The van der Waals surface area contributed by atoms with E-state index in [2.05, 4.69) is 17.4 Å². The molecule has 0 radical (unpaired) electrons. The van der Waals surface area contributed by atoms with Crippen LogP contribution in [0.25, 0.3) is 0 Å². The average molecular weight is 345 g/mol. The first-order valence-corrected chi connectivity index (χ1v) is 9.98. The molecule has 2 aromatic rings. The molecular formula is C19H23NO3S. The molecule has 24 heavy (non-hydrogen) atoms.